The van der Waals surface area contributed by atoms with Gasteiger partial charge in [0.25, 0.3) is 0 Å². The normalized spacial score (nSPS) is 12.9. The van der Waals surface area contributed by atoms with Gasteiger partial charge in [-0.15, -0.1) is 0 Å². The predicted octanol–water partition coefficient (Wildman–Crippen LogP) is 20.3. The number of hydrogen-bond acceptors (Lipinski definition) is 6. The SMILES string of the molecule is CCCCCCCCCCCCCCCCN(C(=O)CCCCN(C)C)C(CCCCCCCCC(=O)OCC(CCCC)CCCCCC)CCCCCCCCC(=O)OCC(CCCC)CCCCCC. The van der Waals surface area contributed by atoms with Gasteiger partial charge in [-0.2, -0.15) is 0 Å². The molecule has 0 aliphatic rings. The van der Waals surface area contributed by atoms with Gasteiger partial charge in [0.2, 0.25) is 5.91 Å². The zero-order chi connectivity index (χ0) is 53.5. The van der Waals surface area contributed by atoms with Crippen molar-refractivity contribution in [3.63, 3.8) is 0 Å². The molecule has 7 heteroatoms. The fraction of sp³-hybridized carbons (Fsp3) is 0.955. The van der Waals surface area contributed by atoms with E-state index >= 15 is 0 Å². The highest BCUT2D eigenvalue weighted by Crippen LogP contribution is 2.24. The van der Waals surface area contributed by atoms with Gasteiger partial charge < -0.3 is 19.3 Å². The second-order valence-corrected chi connectivity index (χ2v) is 23.5. The molecule has 73 heavy (non-hydrogen) atoms. The Kier molecular flexibility index (Phi) is 55.3. The van der Waals surface area contributed by atoms with Crippen molar-refractivity contribution in [2.45, 2.75) is 355 Å². The lowest BCUT2D eigenvalue weighted by molar-refractivity contribution is -0.146. The predicted molar refractivity (Wildman–Crippen MR) is 318 cm³/mol. The van der Waals surface area contributed by atoms with Crippen molar-refractivity contribution in [1.82, 2.24) is 9.80 Å². The highest BCUT2D eigenvalue weighted by atomic mass is 16.5. The van der Waals surface area contributed by atoms with E-state index in [-0.39, 0.29) is 11.9 Å². The van der Waals surface area contributed by atoms with Gasteiger partial charge in [-0.1, -0.05) is 259 Å². The first-order valence-corrected chi connectivity index (χ1v) is 33.0. The number of rotatable bonds is 59. The Labute approximate surface area is 457 Å². The summed E-state index contributed by atoms with van der Waals surface area (Å²) in [7, 11) is 4.26. The largest absolute Gasteiger partial charge is 0.465 e. The van der Waals surface area contributed by atoms with Crippen LogP contribution in [0.5, 0.6) is 0 Å². The minimum atomic E-state index is -0.00209. The number of esters is 2. The first kappa shape index (κ1) is 71.4. The number of hydrogen-bond donors (Lipinski definition) is 0. The minimum absolute atomic E-state index is 0.00209. The molecule has 0 aliphatic heterocycles. The summed E-state index contributed by atoms with van der Waals surface area (Å²) in [5.41, 5.74) is 0. The van der Waals surface area contributed by atoms with Crippen molar-refractivity contribution in [3.8, 4) is 0 Å². The molecule has 0 saturated carbocycles. The highest BCUT2D eigenvalue weighted by molar-refractivity contribution is 5.76. The summed E-state index contributed by atoms with van der Waals surface area (Å²) in [5.74, 6) is 1.43. The molecule has 0 bridgehead atoms. The van der Waals surface area contributed by atoms with Gasteiger partial charge in [0.05, 0.1) is 13.2 Å². The molecule has 2 unspecified atom stereocenters. The zero-order valence-corrected chi connectivity index (χ0v) is 50.6. The lowest BCUT2D eigenvalue weighted by Gasteiger charge is -2.33. The number of carbonyl (C=O) groups is 3. The van der Waals surface area contributed by atoms with E-state index in [1.807, 2.05) is 0 Å². The van der Waals surface area contributed by atoms with Crippen LogP contribution in [0.2, 0.25) is 0 Å². The van der Waals surface area contributed by atoms with Crippen LogP contribution in [0.3, 0.4) is 0 Å². The molecule has 0 aliphatic carbocycles. The van der Waals surface area contributed by atoms with Crippen LogP contribution >= 0.6 is 0 Å². The maximum Gasteiger partial charge on any atom is 0.305 e. The highest BCUT2D eigenvalue weighted by Gasteiger charge is 2.23. The van der Waals surface area contributed by atoms with Crippen LogP contribution in [0.1, 0.15) is 349 Å². The fourth-order valence-corrected chi connectivity index (χ4v) is 10.9. The molecule has 0 aromatic heterocycles. The molecule has 0 radical (unpaired) electrons. The third-order valence-corrected chi connectivity index (χ3v) is 15.9. The van der Waals surface area contributed by atoms with Crippen LogP contribution in [-0.2, 0) is 23.9 Å². The Morgan fingerprint density at radius 2 is 0.603 bits per heavy atom. The van der Waals surface area contributed by atoms with Crippen LogP contribution in [-0.4, -0.2) is 74.1 Å². The van der Waals surface area contributed by atoms with Crippen LogP contribution in [0.25, 0.3) is 0 Å². The molecule has 0 spiro atoms. The van der Waals surface area contributed by atoms with E-state index in [2.05, 4.69) is 58.5 Å². The summed E-state index contributed by atoms with van der Waals surface area (Å²) < 4.78 is 11.6. The number of nitrogens with zero attached hydrogens (tertiary/aromatic N) is 2. The van der Waals surface area contributed by atoms with Crippen molar-refractivity contribution in [2.24, 2.45) is 11.8 Å². The van der Waals surface area contributed by atoms with Gasteiger partial charge in [0, 0.05) is 31.8 Å². The topological polar surface area (TPSA) is 76.2 Å². The Morgan fingerprint density at radius 3 is 0.986 bits per heavy atom. The maximum absolute atomic E-state index is 14.2. The second-order valence-electron chi connectivity index (χ2n) is 23.5. The van der Waals surface area contributed by atoms with Crippen molar-refractivity contribution in [2.75, 3.05) is 40.4 Å². The summed E-state index contributed by atoms with van der Waals surface area (Å²) in [5, 5.41) is 0. The summed E-state index contributed by atoms with van der Waals surface area (Å²) in [6.07, 6.45) is 58.2. The number of carbonyl (C=O) groups excluding carboxylic acids is 3. The van der Waals surface area contributed by atoms with Crippen molar-refractivity contribution in [3.05, 3.63) is 0 Å². The average molecular weight is 1030 g/mol. The standard InChI is InChI=1S/C66H130N2O5/c1-8-13-18-21-22-23-24-25-26-27-28-33-38-46-58-68(64(69)54-45-47-57-67(6)7)63(52-41-34-29-31-36-43-55-65(70)72-59-61(48-16-11-4)50-39-19-14-9-2)53-42-35-30-32-37-44-56-66(71)73-60-62(49-17-12-5)51-40-20-15-10-3/h61-63H,8-60H2,1-7H3. The molecule has 0 saturated heterocycles. The smallest absolute Gasteiger partial charge is 0.305 e. The lowest BCUT2D eigenvalue weighted by atomic mass is 9.96. The molecular weight excluding hydrogens is 901 g/mol. The van der Waals surface area contributed by atoms with Crippen LogP contribution in [0, 0.1) is 11.8 Å². The molecule has 7 nitrogen and oxygen atoms in total. The van der Waals surface area contributed by atoms with Gasteiger partial charge in [0.15, 0.2) is 0 Å². The molecule has 0 aromatic rings. The molecule has 0 aromatic carbocycles. The Bertz CT molecular complexity index is 1110. The maximum atomic E-state index is 14.2. The number of amides is 1. The van der Waals surface area contributed by atoms with Gasteiger partial charge in [-0.3, -0.25) is 14.4 Å². The summed E-state index contributed by atoms with van der Waals surface area (Å²) in [4.78, 5) is 44.1. The van der Waals surface area contributed by atoms with E-state index < -0.39 is 0 Å². The van der Waals surface area contributed by atoms with Crippen LogP contribution in [0.4, 0.5) is 0 Å². The number of ether oxygens (including phenoxy) is 2. The molecule has 0 N–H and O–H groups in total. The Hall–Kier alpha value is -1.63. The molecule has 2 atom stereocenters. The third-order valence-electron chi connectivity index (χ3n) is 15.9. The Balaban J connectivity index is 5.20. The first-order valence-electron chi connectivity index (χ1n) is 33.0. The lowest BCUT2D eigenvalue weighted by Crippen LogP contribution is -2.41. The second kappa shape index (κ2) is 56.6. The van der Waals surface area contributed by atoms with E-state index in [1.165, 1.54) is 238 Å². The van der Waals surface area contributed by atoms with E-state index in [0.717, 1.165) is 70.9 Å². The monoisotopic (exact) mass is 1030 g/mol. The molecule has 1 amide bonds. The van der Waals surface area contributed by atoms with Crippen LogP contribution < -0.4 is 0 Å². The minimum Gasteiger partial charge on any atom is -0.465 e. The third kappa shape index (κ3) is 49.7. The average Bonchev–Trinajstić information content (AvgIpc) is 3.38. The van der Waals surface area contributed by atoms with Gasteiger partial charge in [0.1, 0.15) is 0 Å². The van der Waals surface area contributed by atoms with Crippen LogP contribution in [0.15, 0.2) is 0 Å². The fourth-order valence-electron chi connectivity index (χ4n) is 10.9. The summed E-state index contributed by atoms with van der Waals surface area (Å²) in [6.45, 7) is 14.5. The van der Waals surface area contributed by atoms with E-state index in [4.69, 9.17) is 9.47 Å². The molecule has 0 rings (SSSR count). The quantitative estimate of drug-likeness (QED) is 0.0446. The summed E-state index contributed by atoms with van der Waals surface area (Å²) >= 11 is 0. The summed E-state index contributed by atoms with van der Waals surface area (Å²) in [6, 6.07) is 0.327. The van der Waals surface area contributed by atoms with Crippen molar-refractivity contribution in [1.29, 1.82) is 0 Å². The molecule has 434 valence electrons. The van der Waals surface area contributed by atoms with Gasteiger partial charge in [-0.25, -0.2) is 0 Å². The molecule has 0 heterocycles. The van der Waals surface area contributed by atoms with Gasteiger partial charge in [-0.05, 0) is 103 Å². The number of unbranched alkanes of at least 4 members (excludes halogenated alkanes) is 32. The first-order chi connectivity index (χ1) is 35.7. The van der Waals surface area contributed by atoms with E-state index in [1.54, 1.807) is 0 Å². The van der Waals surface area contributed by atoms with E-state index in [0.29, 0.717) is 56.3 Å². The van der Waals surface area contributed by atoms with Crippen molar-refractivity contribution < 1.29 is 23.9 Å². The van der Waals surface area contributed by atoms with Gasteiger partial charge >= 0.3 is 11.9 Å². The Morgan fingerprint density at radius 1 is 0.315 bits per heavy atom. The van der Waals surface area contributed by atoms with Crippen molar-refractivity contribution >= 4 is 17.8 Å². The molecule has 0 fully saturated rings. The molecular formula is C66H130N2O5. The zero-order valence-electron chi connectivity index (χ0n) is 50.6. The van der Waals surface area contributed by atoms with E-state index in [9.17, 15) is 14.4 Å².